The minimum absolute atomic E-state index is 0.221. The Labute approximate surface area is 127 Å². The molecule has 2 atom stereocenters. The average molecular weight is 293 g/mol. The molecule has 0 unspecified atom stereocenters. The van der Waals surface area contributed by atoms with Gasteiger partial charge in [-0.25, -0.2) is 0 Å². The lowest BCUT2D eigenvalue weighted by Crippen LogP contribution is -2.34. The summed E-state index contributed by atoms with van der Waals surface area (Å²) >= 11 is 5.38. The Morgan fingerprint density at radius 3 is 2.35 bits per heavy atom. The SMILES string of the molecule is CC(C)C[C@H](CC(=S)[C@@H](N)Cc1ccccc1)B(O)O. The van der Waals surface area contributed by atoms with E-state index in [0.717, 1.165) is 12.0 Å². The van der Waals surface area contributed by atoms with Crippen molar-refractivity contribution in [2.24, 2.45) is 11.7 Å². The molecule has 0 radical (unpaired) electrons. The number of nitrogens with two attached hydrogens (primary N) is 1. The number of benzene rings is 1. The van der Waals surface area contributed by atoms with Crippen LogP contribution in [-0.4, -0.2) is 28.1 Å². The summed E-state index contributed by atoms with van der Waals surface area (Å²) in [6, 6.07) is 9.74. The van der Waals surface area contributed by atoms with E-state index in [2.05, 4.69) is 13.8 Å². The van der Waals surface area contributed by atoms with Crippen molar-refractivity contribution in [3.05, 3.63) is 35.9 Å². The van der Waals surface area contributed by atoms with Crippen LogP contribution in [0.2, 0.25) is 5.82 Å². The lowest BCUT2D eigenvalue weighted by Gasteiger charge is -2.21. The lowest BCUT2D eigenvalue weighted by molar-refractivity contribution is 0.368. The molecule has 0 fully saturated rings. The molecule has 0 saturated heterocycles. The summed E-state index contributed by atoms with van der Waals surface area (Å²) in [7, 11) is -1.33. The van der Waals surface area contributed by atoms with Gasteiger partial charge in [-0.15, -0.1) is 0 Å². The number of thiocarbonyl (C=S) groups is 1. The first kappa shape index (κ1) is 17.3. The zero-order valence-electron chi connectivity index (χ0n) is 12.2. The van der Waals surface area contributed by atoms with E-state index in [1.807, 2.05) is 30.3 Å². The molecule has 0 amide bonds. The molecule has 0 spiro atoms. The molecule has 5 heteroatoms. The quantitative estimate of drug-likeness (QED) is 0.508. The predicted octanol–water partition coefficient (Wildman–Crippen LogP) is 2.21. The number of rotatable bonds is 8. The van der Waals surface area contributed by atoms with E-state index in [4.69, 9.17) is 18.0 Å². The second kappa shape index (κ2) is 8.52. The van der Waals surface area contributed by atoms with Crippen LogP contribution in [0, 0.1) is 5.92 Å². The van der Waals surface area contributed by atoms with Gasteiger partial charge >= 0.3 is 7.12 Å². The molecular formula is C15H24BNO2S. The van der Waals surface area contributed by atoms with Crippen molar-refractivity contribution in [1.82, 2.24) is 0 Å². The molecule has 0 aliphatic carbocycles. The highest BCUT2D eigenvalue weighted by Crippen LogP contribution is 2.24. The van der Waals surface area contributed by atoms with Gasteiger partial charge in [0.25, 0.3) is 0 Å². The van der Waals surface area contributed by atoms with Crippen molar-refractivity contribution in [3.63, 3.8) is 0 Å². The smallest absolute Gasteiger partial charge is 0.427 e. The van der Waals surface area contributed by atoms with Gasteiger partial charge in [0.05, 0.1) is 0 Å². The molecule has 110 valence electrons. The minimum atomic E-state index is -1.33. The van der Waals surface area contributed by atoms with Crippen molar-refractivity contribution in [2.75, 3.05) is 0 Å². The maximum Gasteiger partial charge on any atom is 0.455 e. The van der Waals surface area contributed by atoms with E-state index >= 15 is 0 Å². The molecule has 0 bridgehead atoms. The van der Waals surface area contributed by atoms with Crippen LogP contribution in [0.15, 0.2) is 30.3 Å². The second-order valence-corrected chi connectivity index (χ2v) is 6.29. The van der Waals surface area contributed by atoms with Crippen LogP contribution in [0.5, 0.6) is 0 Å². The molecule has 0 heterocycles. The Bertz CT molecular complexity index is 412. The van der Waals surface area contributed by atoms with E-state index in [1.165, 1.54) is 0 Å². The molecule has 0 aliphatic rings. The van der Waals surface area contributed by atoms with Crippen LogP contribution in [0.1, 0.15) is 32.3 Å². The minimum Gasteiger partial charge on any atom is -0.427 e. The van der Waals surface area contributed by atoms with Gasteiger partial charge in [0.2, 0.25) is 0 Å². The van der Waals surface area contributed by atoms with Crippen LogP contribution in [0.3, 0.4) is 0 Å². The highest BCUT2D eigenvalue weighted by molar-refractivity contribution is 7.80. The van der Waals surface area contributed by atoms with Gasteiger partial charge in [-0.1, -0.05) is 56.4 Å². The van der Waals surface area contributed by atoms with Crippen molar-refractivity contribution in [2.45, 2.75) is 45.0 Å². The summed E-state index contributed by atoms with van der Waals surface area (Å²) in [4.78, 5) is 0.715. The van der Waals surface area contributed by atoms with Crippen molar-refractivity contribution in [3.8, 4) is 0 Å². The van der Waals surface area contributed by atoms with Crippen LogP contribution < -0.4 is 5.73 Å². The van der Waals surface area contributed by atoms with Gasteiger partial charge in [0.1, 0.15) is 0 Å². The topological polar surface area (TPSA) is 66.5 Å². The van der Waals surface area contributed by atoms with E-state index in [1.54, 1.807) is 0 Å². The summed E-state index contributed by atoms with van der Waals surface area (Å²) in [5.74, 6) is 0.166. The third-order valence-electron chi connectivity index (χ3n) is 3.37. The highest BCUT2D eigenvalue weighted by atomic mass is 32.1. The lowest BCUT2D eigenvalue weighted by atomic mass is 9.66. The maximum absolute atomic E-state index is 9.44. The zero-order valence-corrected chi connectivity index (χ0v) is 13.0. The normalized spacial score (nSPS) is 14.1. The predicted molar refractivity (Wildman–Crippen MR) is 88.7 cm³/mol. The molecule has 0 saturated carbocycles. The van der Waals surface area contributed by atoms with Crippen LogP contribution in [0.25, 0.3) is 0 Å². The van der Waals surface area contributed by atoms with E-state index in [0.29, 0.717) is 23.6 Å². The van der Waals surface area contributed by atoms with E-state index in [9.17, 15) is 10.0 Å². The van der Waals surface area contributed by atoms with Crippen LogP contribution >= 0.6 is 12.2 Å². The van der Waals surface area contributed by atoms with E-state index < -0.39 is 7.12 Å². The molecule has 4 N–H and O–H groups in total. The van der Waals surface area contributed by atoms with E-state index in [-0.39, 0.29) is 11.9 Å². The fourth-order valence-electron chi connectivity index (χ4n) is 2.31. The first-order valence-corrected chi connectivity index (χ1v) is 7.49. The van der Waals surface area contributed by atoms with Crippen molar-refractivity contribution >= 4 is 24.2 Å². The fraction of sp³-hybridized carbons (Fsp3) is 0.533. The third kappa shape index (κ3) is 6.14. The van der Waals surface area contributed by atoms with Crippen molar-refractivity contribution in [1.29, 1.82) is 0 Å². The highest BCUT2D eigenvalue weighted by Gasteiger charge is 2.26. The van der Waals surface area contributed by atoms with Gasteiger partial charge in [-0.2, -0.15) is 0 Å². The molecule has 0 aromatic heterocycles. The van der Waals surface area contributed by atoms with Crippen molar-refractivity contribution < 1.29 is 10.0 Å². The number of hydrogen-bond donors (Lipinski definition) is 3. The standard InChI is InChI=1S/C15H24BNO2S/c1-11(2)8-13(16(18)19)10-15(20)14(17)9-12-6-4-3-5-7-12/h3-7,11,13-14,18-19H,8-10,17H2,1-2H3/t13-,14+/m1/s1. The molecule has 3 nitrogen and oxygen atoms in total. The number of hydrogen-bond acceptors (Lipinski definition) is 4. The third-order valence-corrected chi connectivity index (χ3v) is 3.84. The van der Waals surface area contributed by atoms with Gasteiger partial charge in [-0.05, 0) is 36.6 Å². The van der Waals surface area contributed by atoms with Gasteiger partial charge in [0, 0.05) is 10.9 Å². The van der Waals surface area contributed by atoms with Gasteiger partial charge < -0.3 is 15.8 Å². The molecule has 0 aliphatic heterocycles. The first-order chi connectivity index (χ1) is 9.40. The van der Waals surface area contributed by atoms with Gasteiger partial charge in [0.15, 0.2) is 0 Å². The zero-order chi connectivity index (χ0) is 15.1. The Kier molecular flexibility index (Phi) is 7.37. The monoisotopic (exact) mass is 293 g/mol. The molecule has 1 aromatic rings. The Balaban J connectivity index is 2.55. The van der Waals surface area contributed by atoms with Gasteiger partial charge in [-0.3, -0.25) is 0 Å². The van der Waals surface area contributed by atoms with Crippen LogP contribution in [-0.2, 0) is 6.42 Å². The average Bonchev–Trinajstić information content (AvgIpc) is 2.38. The Morgan fingerprint density at radius 2 is 1.85 bits per heavy atom. The summed E-state index contributed by atoms with van der Waals surface area (Å²) in [6.45, 7) is 4.12. The summed E-state index contributed by atoms with van der Waals surface area (Å²) in [6.07, 6.45) is 1.91. The molecule has 1 rings (SSSR count). The fourth-order valence-corrected chi connectivity index (χ4v) is 2.61. The summed E-state index contributed by atoms with van der Waals surface area (Å²) < 4.78 is 0. The molecule has 1 aromatic carbocycles. The molecular weight excluding hydrogens is 269 g/mol. The first-order valence-electron chi connectivity index (χ1n) is 7.08. The summed E-state index contributed by atoms with van der Waals surface area (Å²) in [5.41, 5.74) is 7.27. The largest absolute Gasteiger partial charge is 0.455 e. The second-order valence-electron chi connectivity index (χ2n) is 5.77. The van der Waals surface area contributed by atoms with Crippen LogP contribution in [0.4, 0.5) is 0 Å². The Morgan fingerprint density at radius 1 is 1.25 bits per heavy atom. The Hall–Kier alpha value is -0.745. The summed E-state index contributed by atoms with van der Waals surface area (Å²) in [5, 5.41) is 18.9. The molecule has 20 heavy (non-hydrogen) atoms. The maximum atomic E-state index is 9.44.